The van der Waals surface area contributed by atoms with Crippen molar-refractivity contribution in [2.75, 3.05) is 26.8 Å². The van der Waals surface area contributed by atoms with Gasteiger partial charge in [0, 0.05) is 20.2 Å². The van der Waals surface area contributed by atoms with Crippen molar-refractivity contribution in [3.05, 3.63) is 0 Å². The largest absolute Gasteiger partial charge is 0.372 e. The van der Waals surface area contributed by atoms with Crippen LogP contribution in [0.25, 0.3) is 0 Å². The van der Waals surface area contributed by atoms with Crippen molar-refractivity contribution in [3.63, 3.8) is 0 Å². The summed E-state index contributed by atoms with van der Waals surface area (Å²) in [6.45, 7) is 5.72. The fourth-order valence-electron chi connectivity index (χ4n) is 0.692. The Labute approximate surface area is 74.7 Å². The molecule has 0 bridgehead atoms. The summed E-state index contributed by atoms with van der Waals surface area (Å²) in [4.78, 5) is 12.8. The van der Waals surface area contributed by atoms with Crippen LogP contribution in [-0.4, -0.2) is 37.6 Å². The van der Waals surface area contributed by atoms with E-state index >= 15 is 0 Å². The van der Waals surface area contributed by atoms with Crippen LogP contribution in [0, 0.1) is 0 Å². The van der Waals surface area contributed by atoms with Gasteiger partial charge in [-0.05, 0) is 13.3 Å². The maximum atomic E-state index is 11.1. The molecule has 3 nitrogen and oxygen atoms in total. The molecule has 0 heterocycles. The summed E-state index contributed by atoms with van der Waals surface area (Å²) >= 11 is 0. The van der Waals surface area contributed by atoms with Crippen LogP contribution in [0.5, 0.6) is 0 Å². The average molecular weight is 173 g/mol. The quantitative estimate of drug-likeness (QED) is 0.566. The number of hydrogen-bond donors (Lipinski definition) is 0. The zero-order valence-electron chi connectivity index (χ0n) is 8.30. The Kier molecular flexibility index (Phi) is 6.76. The number of likely N-dealkylation sites (N-methyl/N-ethyl adjacent to an activating group) is 1. The van der Waals surface area contributed by atoms with E-state index in [1.54, 1.807) is 11.9 Å². The third-order valence-corrected chi connectivity index (χ3v) is 1.77. The van der Waals surface area contributed by atoms with Crippen LogP contribution >= 0.6 is 0 Å². The number of hydrogen-bond acceptors (Lipinski definition) is 2. The molecule has 0 aromatic carbocycles. The fourth-order valence-corrected chi connectivity index (χ4v) is 0.692. The van der Waals surface area contributed by atoms with Crippen LogP contribution in [0.2, 0.25) is 0 Å². The van der Waals surface area contributed by atoms with Crippen molar-refractivity contribution >= 4 is 5.91 Å². The molecule has 0 aliphatic heterocycles. The highest BCUT2D eigenvalue weighted by Crippen LogP contribution is 1.90. The summed E-state index contributed by atoms with van der Waals surface area (Å²) in [7, 11) is 1.78. The second kappa shape index (κ2) is 7.10. The molecule has 0 atom stereocenters. The van der Waals surface area contributed by atoms with Crippen molar-refractivity contribution in [1.29, 1.82) is 0 Å². The van der Waals surface area contributed by atoms with Gasteiger partial charge in [0.15, 0.2) is 0 Å². The van der Waals surface area contributed by atoms with E-state index in [1.807, 2.05) is 6.92 Å². The second-order valence-electron chi connectivity index (χ2n) is 2.81. The smallest absolute Gasteiger partial charge is 0.248 e. The highest BCUT2D eigenvalue weighted by atomic mass is 16.5. The highest BCUT2D eigenvalue weighted by molar-refractivity contribution is 5.77. The molecule has 0 spiro atoms. The molecule has 0 N–H and O–H groups in total. The minimum absolute atomic E-state index is 0.0635. The van der Waals surface area contributed by atoms with Crippen molar-refractivity contribution < 1.29 is 9.53 Å². The van der Waals surface area contributed by atoms with Crippen molar-refractivity contribution in [2.45, 2.75) is 26.7 Å². The topological polar surface area (TPSA) is 29.5 Å². The number of carbonyl (C=O) groups excluding carboxylic acids is 1. The van der Waals surface area contributed by atoms with Gasteiger partial charge >= 0.3 is 0 Å². The molecule has 72 valence electrons. The van der Waals surface area contributed by atoms with Gasteiger partial charge in [0.25, 0.3) is 0 Å². The van der Waals surface area contributed by atoms with E-state index in [0.717, 1.165) is 19.4 Å². The molecule has 0 aliphatic rings. The van der Waals surface area contributed by atoms with Gasteiger partial charge in [-0.2, -0.15) is 0 Å². The van der Waals surface area contributed by atoms with Gasteiger partial charge in [-0.1, -0.05) is 13.3 Å². The number of ether oxygens (including phenoxy) is 1. The lowest BCUT2D eigenvalue weighted by Crippen LogP contribution is -2.30. The van der Waals surface area contributed by atoms with Gasteiger partial charge in [0.1, 0.15) is 6.61 Å². The molecule has 0 rings (SSSR count). The van der Waals surface area contributed by atoms with E-state index in [2.05, 4.69) is 6.92 Å². The molecule has 0 aromatic heterocycles. The lowest BCUT2D eigenvalue weighted by atomic mass is 10.4. The second-order valence-corrected chi connectivity index (χ2v) is 2.81. The molecule has 1 amide bonds. The standard InChI is InChI=1S/C9H19NO2/c1-4-6-7-12-8-9(11)10(3)5-2/h4-8H2,1-3H3. The lowest BCUT2D eigenvalue weighted by molar-refractivity contribution is -0.134. The first-order chi connectivity index (χ1) is 5.72. The molecule has 3 heteroatoms. The fraction of sp³-hybridized carbons (Fsp3) is 0.889. The Morgan fingerprint density at radius 2 is 2.08 bits per heavy atom. The van der Waals surface area contributed by atoms with Gasteiger partial charge in [-0.15, -0.1) is 0 Å². The monoisotopic (exact) mass is 173 g/mol. The van der Waals surface area contributed by atoms with Crippen molar-refractivity contribution in [1.82, 2.24) is 4.90 Å². The molecule has 0 unspecified atom stereocenters. The van der Waals surface area contributed by atoms with E-state index in [-0.39, 0.29) is 12.5 Å². The first-order valence-electron chi connectivity index (χ1n) is 4.54. The third kappa shape index (κ3) is 5.13. The minimum atomic E-state index is 0.0635. The normalized spacial score (nSPS) is 9.92. The molecule has 12 heavy (non-hydrogen) atoms. The Morgan fingerprint density at radius 1 is 1.42 bits per heavy atom. The molecular weight excluding hydrogens is 154 g/mol. The molecule has 0 fully saturated rings. The Balaban J connectivity index is 3.31. The maximum Gasteiger partial charge on any atom is 0.248 e. The Bertz CT molecular complexity index is 126. The molecule has 0 aromatic rings. The predicted octanol–water partition coefficient (Wildman–Crippen LogP) is 1.28. The number of nitrogens with zero attached hydrogens (tertiary/aromatic N) is 1. The first-order valence-corrected chi connectivity index (χ1v) is 4.54. The van der Waals surface area contributed by atoms with Crippen molar-refractivity contribution in [3.8, 4) is 0 Å². The summed E-state index contributed by atoms with van der Waals surface area (Å²) in [5.74, 6) is 0.0635. The van der Waals surface area contributed by atoms with Gasteiger partial charge in [-0.3, -0.25) is 4.79 Å². The van der Waals surface area contributed by atoms with Gasteiger partial charge in [0.05, 0.1) is 0 Å². The molecule has 0 saturated heterocycles. The maximum absolute atomic E-state index is 11.1. The van der Waals surface area contributed by atoms with Crippen molar-refractivity contribution in [2.24, 2.45) is 0 Å². The first kappa shape index (κ1) is 11.4. The van der Waals surface area contributed by atoms with E-state index in [1.165, 1.54) is 0 Å². The number of unbranched alkanes of at least 4 members (excludes halogenated alkanes) is 1. The van der Waals surface area contributed by atoms with Gasteiger partial charge in [0.2, 0.25) is 5.91 Å². The van der Waals surface area contributed by atoms with Crippen LogP contribution in [-0.2, 0) is 9.53 Å². The van der Waals surface area contributed by atoms with Crippen LogP contribution in [0.15, 0.2) is 0 Å². The van der Waals surface area contributed by atoms with E-state index in [4.69, 9.17) is 4.74 Å². The van der Waals surface area contributed by atoms with Crippen LogP contribution in [0.3, 0.4) is 0 Å². The summed E-state index contributed by atoms with van der Waals surface area (Å²) in [5.41, 5.74) is 0. The third-order valence-electron chi connectivity index (χ3n) is 1.77. The Morgan fingerprint density at radius 3 is 2.58 bits per heavy atom. The zero-order chi connectivity index (χ0) is 9.40. The van der Waals surface area contributed by atoms with E-state index in [9.17, 15) is 4.79 Å². The number of carbonyl (C=O) groups is 1. The summed E-state index contributed by atoms with van der Waals surface area (Å²) in [6, 6.07) is 0. The lowest BCUT2D eigenvalue weighted by Gasteiger charge is -2.13. The van der Waals surface area contributed by atoms with Crippen LogP contribution in [0.1, 0.15) is 26.7 Å². The minimum Gasteiger partial charge on any atom is -0.372 e. The van der Waals surface area contributed by atoms with Crippen LogP contribution in [0.4, 0.5) is 0 Å². The SMILES string of the molecule is CCCCOCC(=O)N(C)CC. The highest BCUT2D eigenvalue weighted by Gasteiger charge is 2.04. The Hall–Kier alpha value is -0.570. The molecule has 0 saturated carbocycles. The van der Waals surface area contributed by atoms with Gasteiger partial charge < -0.3 is 9.64 Å². The molecule has 0 radical (unpaired) electrons. The number of amides is 1. The average Bonchev–Trinajstić information content (AvgIpc) is 2.10. The molecule has 0 aliphatic carbocycles. The number of rotatable bonds is 6. The van der Waals surface area contributed by atoms with Gasteiger partial charge in [-0.25, -0.2) is 0 Å². The van der Waals surface area contributed by atoms with E-state index in [0.29, 0.717) is 6.61 Å². The van der Waals surface area contributed by atoms with Crippen LogP contribution < -0.4 is 0 Å². The zero-order valence-corrected chi connectivity index (χ0v) is 8.30. The summed E-state index contributed by atoms with van der Waals surface area (Å²) in [5, 5.41) is 0. The molecular formula is C9H19NO2. The summed E-state index contributed by atoms with van der Waals surface area (Å²) < 4.78 is 5.17. The summed E-state index contributed by atoms with van der Waals surface area (Å²) in [6.07, 6.45) is 2.14. The van der Waals surface area contributed by atoms with E-state index < -0.39 is 0 Å². The predicted molar refractivity (Wildman–Crippen MR) is 49.0 cm³/mol.